The van der Waals surface area contributed by atoms with Crippen molar-refractivity contribution >= 4 is 11.7 Å². The van der Waals surface area contributed by atoms with Crippen molar-refractivity contribution in [3.05, 3.63) is 65.7 Å². The minimum absolute atomic E-state index is 0.599. The summed E-state index contributed by atoms with van der Waals surface area (Å²) in [5, 5.41) is 12.6. The number of rotatable bonds is 7. The highest BCUT2D eigenvalue weighted by molar-refractivity contribution is 5.79. The third kappa shape index (κ3) is 4.07. The van der Waals surface area contributed by atoms with Gasteiger partial charge in [0.15, 0.2) is 6.04 Å². The summed E-state index contributed by atoms with van der Waals surface area (Å²) in [6.45, 7) is 0.599. The van der Waals surface area contributed by atoms with Crippen LogP contribution in [0.2, 0.25) is 0 Å². The predicted octanol–water partition coefficient (Wildman–Crippen LogP) is 3.11. The summed E-state index contributed by atoms with van der Waals surface area (Å²) in [4.78, 5) is 11.5. The van der Waals surface area contributed by atoms with Crippen LogP contribution in [0.25, 0.3) is 0 Å². The van der Waals surface area contributed by atoms with Crippen LogP contribution in [0.5, 0.6) is 0 Å². The van der Waals surface area contributed by atoms with Gasteiger partial charge in [-0.2, -0.15) is 0 Å². The maximum atomic E-state index is 11.5. The monoisotopic (exact) mass is 285 g/mol. The van der Waals surface area contributed by atoms with Gasteiger partial charge in [-0.1, -0.05) is 48.5 Å². The van der Waals surface area contributed by atoms with Crippen LogP contribution in [-0.4, -0.2) is 24.8 Å². The number of carboxylic acids is 1. The third-order valence-corrected chi connectivity index (χ3v) is 3.27. The zero-order valence-corrected chi connectivity index (χ0v) is 12.0. The first-order chi connectivity index (χ1) is 10.2. The zero-order valence-electron chi connectivity index (χ0n) is 12.0. The Bertz CT molecular complexity index is 584. The van der Waals surface area contributed by atoms with Gasteiger partial charge in [0, 0.05) is 12.8 Å². The number of nitrogens with one attached hydrogen (secondary N) is 1. The molecule has 0 amide bonds. The van der Waals surface area contributed by atoms with Crippen molar-refractivity contribution in [2.75, 3.05) is 19.0 Å². The lowest BCUT2D eigenvalue weighted by atomic mass is 10.0. The van der Waals surface area contributed by atoms with Gasteiger partial charge in [0.25, 0.3) is 0 Å². The van der Waals surface area contributed by atoms with E-state index in [9.17, 15) is 9.90 Å². The maximum absolute atomic E-state index is 11.5. The van der Waals surface area contributed by atoms with Crippen LogP contribution in [-0.2, 0) is 16.0 Å². The van der Waals surface area contributed by atoms with Crippen molar-refractivity contribution in [2.45, 2.75) is 12.5 Å². The first kappa shape index (κ1) is 15.1. The molecule has 2 aromatic carbocycles. The smallest absolute Gasteiger partial charge is 0.330 e. The quantitative estimate of drug-likeness (QED) is 0.820. The van der Waals surface area contributed by atoms with Crippen LogP contribution in [0.1, 0.15) is 17.2 Å². The standard InChI is InChI=1S/C17H19NO3/c1-21-12-11-13-7-5-6-10-15(13)18-16(17(19)20)14-8-3-2-4-9-14/h2-10,16,18H,11-12H2,1H3,(H,19,20). The van der Waals surface area contributed by atoms with Crippen LogP contribution >= 0.6 is 0 Å². The average Bonchev–Trinajstić information content (AvgIpc) is 2.52. The second-order valence-electron chi connectivity index (χ2n) is 4.73. The molecule has 0 saturated heterocycles. The van der Waals surface area contributed by atoms with Gasteiger partial charge in [0.05, 0.1) is 6.61 Å². The Morgan fingerprint density at radius 3 is 2.48 bits per heavy atom. The summed E-state index contributed by atoms with van der Waals surface area (Å²) in [5.41, 5.74) is 2.60. The molecule has 4 heteroatoms. The first-order valence-electron chi connectivity index (χ1n) is 6.83. The molecule has 2 N–H and O–H groups in total. The van der Waals surface area contributed by atoms with Gasteiger partial charge in [-0.05, 0) is 23.6 Å². The fourth-order valence-corrected chi connectivity index (χ4v) is 2.18. The Morgan fingerprint density at radius 1 is 1.14 bits per heavy atom. The molecular formula is C17H19NO3. The van der Waals surface area contributed by atoms with E-state index in [1.165, 1.54) is 0 Å². The molecule has 0 bridgehead atoms. The topological polar surface area (TPSA) is 58.6 Å². The lowest BCUT2D eigenvalue weighted by Gasteiger charge is -2.18. The summed E-state index contributed by atoms with van der Waals surface area (Å²) >= 11 is 0. The fraction of sp³-hybridized carbons (Fsp3) is 0.235. The molecular weight excluding hydrogens is 266 g/mol. The van der Waals surface area contributed by atoms with E-state index in [1.807, 2.05) is 54.6 Å². The van der Waals surface area contributed by atoms with E-state index < -0.39 is 12.0 Å². The minimum atomic E-state index is -0.900. The Labute approximate surface area is 124 Å². The molecule has 0 spiro atoms. The SMILES string of the molecule is COCCc1ccccc1NC(C(=O)O)c1ccccc1. The zero-order chi connectivity index (χ0) is 15.1. The van der Waals surface area contributed by atoms with Crippen molar-refractivity contribution < 1.29 is 14.6 Å². The van der Waals surface area contributed by atoms with E-state index in [0.29, 0.717) is 6.61 Å². The van der Waals surface area contributed by atoms with Gasteiger partial charge in [0.2, 0.25) is 0 Å². The van der Waals surface area contributed by atoms with Crippen molar-refractivity contribution in [3.63, 3.8) is 0 Å². The molecule has 21 heavy (non-hydrogen) atoms. The molecule has 0 aliphatic carbocycles. The predicted molar refractivity (Wildman–Crippen MR) is 82.5 cm³/mol. The molecule has 2 rings (SSSR count). The fourth-order valence-electron chi connectivity index (χ4n) is 2.18. The van der Waals surface area contributed by atoms with E-state index in [4.69, 9.17) is 4.74 Å². The molecule has 0 aliphatic rings. The second kappa shape index (κ2) is 7.45. The number of hydrogen-bond donors (Lipinski definition) is 2. The molecule has 0 aromatic heterocycles. The van der Waals surface area contributed by atoms with Crippen molar-refractivity contribution in [3.8, 4) is 0 Å². The van der Waals surface area contributed by atoms with Crippen molar-refractivity contribution in [2.24, 2.45) is 0 Å². The van der Waals surface area contributed by atoms with Crippen molar-refractivity contribution in [1.82, 2.24) is 0 Å². The summed E-state index contributed by atoms with van der Waals surface area (Å²) < 4.78 is 5.09. The number of methoxy groups -OCH3 is 1. The summed E-state index contributed by atoms with van der Waals surface area (Å²) in [6, 6.07) is 16.1. The Kier molecular flexibility index (Phi) is 5.35. The maximum Gasteiger partial charge on any atom is 0.330 e. The average molecular weight is 285 g/mol. The highest BCUT2D eigenvalue weighted by Crippen LogP contribution is 2.23. The molecule has 0 aliphatic heterocycles. The molecule has 2 aromatic rings. The molecule has 0 saturated carbocycles. The summed E-state index contributed by atoms with van der Waals surface area (Å²) in [5.74, 6) is -0.900. The highest BCUT2D eigenvalue weighted by atomic mass is 16.5. The Hall–Kier alpha value is -2.33. The van der Waals surface area contributed by atoms with Gasteiger partial charge < -0.3 is 15.2 Å². The Balaban J connectivity index is 2.24. The van der Waals surface area contributed by atoms with E-state index in [-0.39, 0.29) is 0 Å². The first-order valence-corrected chi connectivity index (χ1v) is 6.83. The van der Waals surface area contributed by atoms with Gasteiger partial charge >= 0.3 is 5.97 Å². The number of hydrogen-bond acceptors (Lipinski definition) is 3. The second-order valence-corrected chi connectivity index (χ2v) is 4.73. The molecule has 0 heterocycles. The molecule has 0 fully saturated rings. The third-order valence-electron chi connectivity index (χ3n) is 3.27. The number of ether oxygens (including phenoxy) is 1. The van der Waals surface area contributed by atoms with E-state index in [0.717, 1.165) is 23.2 Å². The molecule has 1 atom stereocenters. The van der Waals surface area contributed by atoms with Gasteiger partial charge in [-0.15, -0.1) is 0 Å². The van der Waals surface area contributed by atoms with Gasteiger partial charge in [-0.25, -0.2) is 4.79 Å². The van der Waals surface area contributed by atoms with E-state index in [1.54, 1.807) is 7.11 Å². The molecule has 1 unspecified atom stereocenters. The summed E-state index contributed by atoms with van der Waals surface area (Å²) in [6.07, 6.45) is 0.737. The molecule has 4 nitrogen and oxygen atoms in total. The lowest BCUT2D eigenvalue weighted by Crippen LogP contribution is -2.21. The molecule has 0 radical (unpaired) electrons. The largest absolute Gasteiger partial charge is 0.479 e. The minimum Gasteiger partial charge on any atom is -0.479 e. The number of carboxylic acid groups (broad SMARTS) is 1. The van der Waals surface area contributed by atoms with Crippen LogP contribution in [0.3, 0.4) is 0 Å². The lowest BCUT2D eigenvalue weighted by molar-refractivity contribution is -0.138. The van der Waals surface area contributed by atoms with Gasteiger partial charge in [0.1, 0.15) is 0 Å². The number of anilines is 1. The van der Waals surface area contributed by atoms with Crippen LogP contribution in [0.15, 0.2) is 54.6 Å². The number of benzene rings is 2. The van der Waals surface area contributed by atoms with Crippen LogP contribution in [0.4, 0.5) is 5.69 Å². The van der Waals surface area contributed by atoms with E-state index >= 15 is 0 Å². The summed E-state index contributed by atoms with van der Waals surface area (Å²) in [7, 11) is 1.65. The van der Waals surface area contributed by atoms with Crippen LogP contribution in [0, 0.1) is 0 Å². The molecule has 110 valence electrons. The van der Waals surface area contributed by atoms with Gasteiger partial charge in [-0.3, -0.25) is 0 Å². The number of carbonyl (C=O) groups is 1. The van der Waals surface area contributed by atoms with E-state index in [2.05, 4.69) is 5.32 Å². The van der Waals surface area contributed by atoms with Crippen LogP contribution < -0.4 is 5.32 Å². The number of para-hydroxylation sites is 1. The highest BCUT2D eigenvalue weighted by Gasteiger charge is 2.20. The normalized spacial score (nSPS) is 11.9. The van der Waals surface area contributed by atoms with Crippen molar-refractivity contribution in [1.29, 1.82) is 0 Å². The Morgan fingerprint density at radius 2 is 1.81 bits per heavy atom. The number of aliphatic carboxylic acids is 1.